The third-order valence-electron chi connectivity index (χ3n) is 1.42. The lowest BCUT2D eigenvalue weighted by Gasteiger charge is -1.95. The quantitative estimate of drug-likeness (QED) is 0.449. The SMILES string of the molecule is O=NOc1cccc(/C=C/C(=O)O)c1. The zero-order chi connectivity index (χ0) is 10.4. The molecule has 0 aliphatic rings. The van der Waals surface area contributed by atoms with E-state index in [-0.39, 0.29) is 5.75 Å². The van der Waals surface area contributed by atoms with Crippen LogP contribution in [0.2, 0.25) is 0 Å². The maximum atomic E-state index is 10.2. The summed E-state index contributed by atoms with van der Waals surface area (Å²) in [6, 6.07) is 6.35. The number of hydrogen-bond donors (Lipinski definition) is 1. The Morgan fingerprint density at radius 1 is 1.50 bits per heavy atom. The van der Waals surface area contributed by atoms with Crippen LogP contribution >= 0.6 is 0 Å². The van der Waals surface area contributed by atoms with Crippen molar-refractivity contribution in [1.82, 2.24) is 0 Å². The van der Waals surface area contributed by atoms with Crippen LogP contribution in [0.5, 0.6) is 5.75 Å². The van der Waals surface area contributed by atoms with Crippen molar-refractivity contribution < 1.29 is 14.7 Å². The largest absolute Gasteiger partial charge is 0.478 e. The highest BCUT2D eigenvalue weighted by molar-refractivity contribution is 5.85. The van der Waals surface area contributed by atoms with Crippen LogP contribution in [0.15, 0.2) is 35.7 Å². The number of hydrogen-bond acceptors (Lipinski definition) is 4. The summed E-state index contributed by atoms with van der Waals surface area (Å²) in [6.45, 7) is 0. The number of benzene rings is 1. The van der Waals surface area contributed by atoms with Crippen molar-refractivity contribution in [3.05, 3.63) is 40.8 Å². The van der Waals surface area contributed by atoms with E-state index < -0.39 is 5.97 Å². The fourth-order valence-electron chi connectivity index (χ4n) is 0.886. The first kappa shape index (κ1) is 9.91. The molecule has 1 N–H and O–H groups in total. The zero-order valence-electron chi connectivity index (χ0n) is 7.08. The predicted molar refractivity (Wildman–Crippen MR) is 49.5 cm³/mol. The Kier molecular flexibility index (Phi) is 3.37. The van der Waals surface area contributed by atoms with E-state index >= 15 is 0 Å². The van der Waals surface area contributed by atoms with Crippen molar-refractivity contribution in [1.29, 1.82) is 0 Å². The van der Waals surface area contributed by atoms with E-state index in [9.17, 15) is 9.70 Å². The van der Waals surface area contributed by atoms with E-state index in [1.807, 2.05) is 0 Å². The van der Waals surface area contributed by atoms with Gasteiger partial charge in [0.25, 0.3) is 0 Å². The Bertz CT molecular complexity index is 373. The van der Waals surface area contributed by atoms with Crippen LogP contribution in [-0.2, 0) is 4.79 Å². The molecule has 0 radical (unpaired) electrons. The molecule has 0 atom stereocenters. The van der Waals surface area contributed by atoms with Crippen LogP contribution in [0.1, 0.15) is 5.56 Å². The molecule has 0 heterocycles. The van der Waals surface area contributed by atoms with E-state index in [0.717, 1.165) is 6.08 Å². The van der Waals surface area contributed by atoms with Crippen molar-refractivity contribution in [2.45, 2.75) is 0 Å². The highest BCUT2D eigenvalue weighted by atomic mass is 16.7. The Morgan fingerprint density at radius 2 is 2.29 bits per heavy atom. The molecule has 1 aromatic carbocycles. The third-order valence-corrected chi connectivity index (χ3v) is 1.42. The lowest BCUT2D eigenvalue weighted by molar-refractivity contribution is -0.131. The monoisotopic (exact) mass is 193 g/mol. The van der Waals surface area contributed by atoms with Gasteiger partial charge in [0.2, 0.25) is 0 Å². The van der Waals surface area contributed by atoms with Crippen LogP contribution in [0, 0.1) is 4.91 Å². The summed E-state index contributed by atoms with van der Waals surface area (Å²) in [6.07, 6.45) is 2.38. The molecular weight excluding hydrogens is 186 g/mol. The minimum atomic E-state index is -1.04. The van der Waals surface area contributed by atoms with E-state index in [1.165, 1.54) is 12.1 Å². The molecule has 0 saturated carbocycles. The molecule has 0 amide bonds. The summed E-state index contributed by atoms with van der Waals surface area (Å²) in [7, 11) is 0. The molecule has 5 heteroatoms. The molecule has 0 aromatic heterocycles. The first-order chi connectivity index (χ1) is 6.72. The second-order valence-electron chi connectivity index (χ2n) is 2.41. The first-order valence-corrected chi connectivity index (χ1v) is 3.73. The number of rotatable bonds is 4. The minimum absolute atomic E-state index is 0.271. The maximum absolute atomic E-state index is 10.2. The van der Waals surface area contributed by atoms with Crippen molar-refractivity contribution in [2.75, 3.05) is 0 Å². The smallest absolute Gasteiger partial charge is 0.328 e. The normalized spacial score (nSPS) is 10.0. The summed E-state index contributed by atoms with van der Waals surface area (Å²) in [5.41, 5.74) is 0.619. The fraction of sp³-hybridized carbons (Fsp3) is 0. The molecule has 1 aromatic rings. The van der Waals surface area contributed by atoms with Gasteiger partial charge in [0, 0.05) is 6.08 Å². The highest BCUT2D eigenvalue weighted by Crippen LogP contribution is 2.14. The van der Waals surface area contributed by atoms with Crippen LogP contribution in [0.4, 0.5) is 0 Å². The van der Waals surface area contributed by atoms with Crippen LogP contribution in [-0.4, -0.2) is 11.1 Å². The van der Waals surface area contributed by atoms with Crippen molar-refractivity contribution >= 4 is 12.0 Å². The van der Waals surface area contributed by atoms with Gasteiger partial charge in [0.15, 0.2) is 11.1 Å². The Labute approximate surface area is 79.6 Å². The Hall–Kier alpha value is -2.17. The van der Waals surface area contributed by atoms with Gasteiger partial charge in [-0.05, 0) is 23.8 Å². The van der Waals surface area contributed by atoms with Gasteiger partial charge in [-0.2, -0.15) is 0 Å². The first-order valence-electron chi connectivity index (χ1n) is 3.73. The van der Waals surface area contributed by atoms with Gasteiger partial charge in [-0.15, -0.1) is 4.91 Å². The molecular formula is C9H7NO4. The number of carbonyl (C=O) groups is 1. The van der Waals surface area contributed by atoms with Crippen molar-refractivity contribution in [3.63, 3.8) is 0 Å². The van der Waals surface area contributed by atoms with Gasteiger partial charge in [-0.1, -0.05) is 12.1 Å². The standard InChI is InChI=1S/C9H7NO4/c11-9(12)5-4-7-2-1-3-8(6-7)14-10-13/h1-6H,(H,11,12)/b5-4+. The van der Waals surface area contributed by atoms with Gasteiger partial charge in [0.1, 0.15) is 0 Å². The van der Waals surface area contributed by atoms with E-state index in [0.29, 0.717) is 5.56 Å². The molecule has 72 valence electrons. The molecule has 5 nitrogen and oxygen atoms in total. The molecule has 14 heavy (non-hydrogen) atoms. The summed E-state index contributed by atoms with van der Waals surface area (Å²) in [4.78, 5) is 24.3. The van der Waals surface area contributed by atoms with Crippen LogP contribution < -0.4 is 4.84 Å². The molecule has 0 saturated heterocycles. The lowest BCUT2D eigenvalue weighted by Crippen LogP contribution is -1.86. The van der Waals surface area contributed by atoms with Gasteiger partial charge >= 0.3 is 5.97 Å². The Balaban J connectivity index is 2.82. The number of carboxylic acids is 1. The average molecular weight is 193 g/mol. The molecule has 0 fully saturated rings. The number of carboxylic acid groups (broad SMARTS) is 1. The molecule has 0 aliphatic carbocycles. The zero-order valence-corrected chi connectivity index (χ0v) is 7.08. The van der Waals surface area contributed by atoms with E-state index in [2.05, 4.69) is 10.2 Å². The topological polar surface area (TPSA) is 76.0 Å². The molecule has 0 spiro atoms. The fourth-order valence-corrected chi connectivity index (χ4v) is 0.886. The van der Waals surface area contributed by atoms with Crippen LogP contribution in [0.3, 0.4) is 0 Å². The van der Waals surface area contributed by atoms with Gasteiger partial charge < -0.3 is 9.94 Å². The van der Waals surface area contributed by atoms with E-state index in [4.69, 9.17) is 5.11 Å². The van der Waals surface area contributed by atoms with Crippen LogP contribution in [0.25, 0.3) is 6.08 Å². The van der Waals surface area contributed by atoms with Crippen molar-refractivity contribution in [3.8, 4) is 5.75 Å². The van der Waals surface area contributed by atoms with E-state index in [1.54, 1.807) is 18.2 Å². The molecule has 1 rings (SSSR count). The van der Waals surface area contributed by atoms with Gasteiger partial charge in [-0.3, -0.25) is 0 Å². The third kappa shape index (κ3) is 3.06. The highest BCUT2D eigenvalue weighted by Gasteiger charge is 1.94. The second kappa shape index (κ2) is 4.76. The number of aliphatic carboxylic acids is 1. The molecule has 0 unspecified atom stereocenters. The molecule has 0 bridgehead atoms. The summed E-state index contributed by atoms with van der Waals surface area (Å²) < 4.78 is 0. The summed E-state index contributed by atoms with van der Waals surface area (Å²) in [5, 5.41) is 10.6. The minimum Gasteiger partial charge on any atom is -0.478 e. The number of nitrogens with zero attached hydrogens (tertiary/aromatic N) is 1. The predicted octanol–water partition coefficient (Wildman–Crippen LogP) is 1.84. The van der Waals surface area contributed by atoms with Gasteiger partial charge in [0.05, 0.1) is 0 Å². The lowest BCUT2D eigenvalue weighted by atomic mass is 10.2. The van der Waals surface area contributed by atoms with Crippen molar-refractivity contribution in [2.24, 2.45) is 5.34 Å². The second-order valence-corrected chi connectivity index (χ2v) is 2.41. The van der Waals surface area contributed by atoms with Gasteiger partial charge in [-0.25, -0.2) is 4.79 Å². The molecule has 0 aliphatic heterocycles. The summed E-state index contributed by atoms with van der Waals surface area (Å²) in [5.74, 6) is -0.766. The Morgan fingerprint density at radius 3 is 2.93 bits per heavy atom. The average Bonchev–Trinajstić information content (AvgIpc) is 2.16. The summed E-state index contributed by atoms with van der Waals surface area (Å²) >= 11 is 0. The maximum Gasteiger partial charge on any atom is 0.328 e.